The molecule has 0 aromatic carbocycles. The average Bonchev–Trinajstić information content (AvgIpc) is 2.16. The summed E-state index contributed by atoms with van der Waals surface area (Å²) in [7, 11) is 0. The van der Waals surface area contributed by atoms with E-state index < -0.39 is 0 Å². The summed E-state index contributed by atoms with van der Waals surface area (Å²) in [5.74, 6) is 2.33. The molecule has 0 aromatic rings. The van der Waals surface area contributed by atoms with Crippen molar-refractivity contribution in [3.05, 3.63) is 0 Å². The highest BCUT2D eigenvalue weighted by Crippen LogP contribution is 1.86. The molecule has 4 heteroatoms. The van der Waals surface area contributed by atoms with Crippen LogP contribution in [0.15, 0.2) is 0 Å². The summed E-state index contributed by atoms with van der Waals surface area (Å²) in [6, 6.07) is 0. The van der Waals surface area contributed by atoms with Crippen LogP contribution in [-0.2, 0) is 9.53 Å². The van der Waals surface area contributed by atoms with Crippen molar-refractivity contribution in [2.75, 3.05) is 26.2 Å². The van der Waals surface area contributed by atoms with Crippen LogP contribution in [0.5, 0.6) is 0 Å². The highest BCUT2D eigenvalue weighted by molar-refractivity contribution is 5.78. The van der Waals surface area contributed by atoms with Crippen LogP contribution in [0.1, 0.15) is 13.8 Å². The van der Waals surface area contributed by atoms with E-state index >= 15 is 0 Å². The van der Waals surface area contributed by atoms with Gasteiger partial charge in [-0.05, 0) is 13.8 Å². The maximum Gasteiger partial charge on any atom is 0.234 e. The molecule has 80 valence electrons. The quantitative estimate of drug-likeness (QED) is 0.438. The summed E-state index contributed by atoms with van der Waals surface area (Å²) in [5.41, 5.74) is 0. The molecule has 0 aliphatic heterocycles. The van der Waals surface area contributed by atoms with Gasteiger partial charge in [0.25, 0.3) is 0 Å². The van der Waals surface area contributed by atoms with Gasteiger partial charge in [-0.2, -0.15) is 0 Å². The number of terminal acetylenes is 1. The average molecular weight is 198 g/mol. The third-order valence-electron chi connectivity index (χ3n) is 1.55. The fourth-order valence-electron chi connectivity index (χ4n) is 0.912. The van der Waals surface area contributed by atoms with Gasteiger partial charge in [0, 0.05) is 13.2 Å². The summed E-state index contributed by atoms with van der Waals surface area (Å²) < 4.78 is 5.25. The van der Waals surface area contributed by atoms with E-state index in [2.05, 4.69) is 16.6 Å². The van der Waals surface area contributed by atoms with Crippen LogP contribution in [-0.4, -0.2) is 38.3 Å². The van der Waals surface area contributed by atoms with Gasteiger partial charge >= 0.3 is 0 Å². The largest absolute Gasteiger partial charge is 0.377 e. The zero-order valence-electron chi connectivity index (χ0n) is 8.80. The van der Waals surface area contributed by atoms with Crippen LogP contribution >= 0.6 is 0 Å². The number of carbonyl (C=O) groups excluding carboxylic acids is 1. The molecule has 0 aliphatic rings. The van der Waals surface area contributed by atoms with Gasteiger partial charge in [0.2, 0.25) is 5.91 Å². The van der Waals surface area contributed by atoms with Crippen LogP contribution < -0.4 is 10.6 Å². The molecule has 0 saturated heterocycles. The summed E-state index contributed by atoms with van der Waals surface area (Å²) in [6.45, 7) is 5.69. The first-order chi connectivity index (χ1) is 6.70. The Labute approximate surface area is 85.4 Å². The molecular formula is C10H18N2O2. The first-order valence-corrected chi connectivity index (χ1v) is 4.73. The molecular weight excluding hydrogens is 180 g/mol. The molecule has 0 rings (SSSR count). The molecule has 0 spiro atoms. The molecule has 0 saturated carbocycles. The smallest absolute Gasteiger partial charge is 0.234 e. The Balaban J connectivity index is 3.39. The number of amides is 1. The summed E-state index contributed by atoms with van der Waals surface area (Å²) in [6.07, 6.45) is 5.06. The Kier molecular flexibility index (Phi) is 7.90. The molecule has 2 N–H and O–H groups in total. The minimum Gasteiger partial charge on any atom is -0.377 e. The highest BCUT2D eigenvalue weighted by Gasteiger charge is 2.03. The predicted molar refractivity (Wildman–Crippen MR) is 55.8 cm³/mol. The van der Waals surface area contributed by atoms with E-state index in [0.29, 0.717) is 19.7 Å². The number of hydrogen-bond acceptors (Lipinski definition) is 3. The molecule has 0 aromatic heterocycles. The molecule has 0 bridgehead atoms. The van der Waals surface area contributed by atoms with Gasteiger partial charge in [-0.3, -0.25) is 10.1 Å². The van der Waals surface area contributed by atoms with Gasteiger partial charge in [-0.1, -0.05) is 5.92 Å². The fourth-order valence-corrected chi connectivity index (χ4v) is 0.912. The minimum atomic E-state index is -0.0631. The third kappa shape index (κ3) is 7.59. The Hall–Kier alpha value is -1.05. The highest BCUT2D eigenvalue weighted by atomic mass is 16.5. The lowest BCUT2D eigenvalue weighted by molar-refractivity contribution is -0.120. The van der Waals surface area contributed by atoms with Gasteiger partial charge in [0.1, 0.15) is 0 Å². The molecule has 1 amide bonds. The van der Waals surface area contributed by atoms with E-state index in [-0.39, 0.29) is 18.6 Å². The van der Waals surface area contributed by atoms with Crippen LogP contribution in [0.3, 0.4) is 0 Å². The van der Waals surface area contributed by atoms with Gasteiger partial charge < -0.3 is 10.1 Å². The summed E-state index contributed by atoms with van der Waals surface area (Å²) in [5, 5.41) is 5.53. The lowest BCUT2D eigenvalue weighted by atomic mass is 10.4. The van der Waals surface area contributed by atoms with Crippen molar-refractivity contribution in [3.8, 4) is 12.3 Å². The maximum atomic E-state index is 11.1. The van der Waals surface area contributed by atoms with Crippen molar-refractivity contribution in [3.63, 3.8) is 0 Å². The van der Waals surface area contributed by atoms with Crippen molar-refractivity contribution < 1.29 is 9.53 Å². The number of hydrogen-bond donors (Lipinski definition) is 2. The molecule has 1 atom stereocenters. The molecule has 0 fully saturated rings. The van der Waals surface area contributed by atoms with Crippen molar-refractivity contribution in [2.45, 2.75) is 20.0 Å². The normalized spacial score (nSPS) is 11.8. The van der Waals surface area contributed by atoms with E-state index in [1.54, 1.807) is 0 Å². The second-order valence-electron chi connectivity index (χ2n) is 2.88. The van der Waals surface area contributed by atoms with Crippen LogP contribution in [0.25, 0.3) is 0 Å². The monoisotopic (exact) mass is 198 g/mol. The van der Waals surface area contributed by atoms with Gasteiger partial charge in [0.15, 0.2) is 0 Å². The lowest BCUT2D eigenvalue weighted by Crippen LogP contribution is -2.38. The van der Waals surface area contributed by atoms with Crippen LogP contribution in [0.2, 0.25) is 0 Å². The van der Waals surface area contributed by atoms with Gasteiger partial charge in [-0.15, -0.1) is 6.42 Å². The third-order valence-corrected chi connectivity index (χ3v) is 1.55. The standard InChI is InChI=1S/C10H18N2O2/c1-4-6-11-8-10(13)12-7-9(3)14-5-2/h1,9,11H,5-8H2,2-3H3,(H,12,13). The van der Waals surface area contributed by atoms with E-state index in [1.165, 1.54) is 0 Å². The molecule has 0 heterocycles. The number of nitrogens with one attached hydrogen (secondary N) is 2. The van der Waals surface area contributed by atoms with Gasteiger partial charge in [-0.25, -0.2) is 0 Å². The Morgan fingerprint density at radius 1 is 1.64 bits per heavy atom. The second kappa shape index (κ2) is 8.54. The molecule has 14 heavy (non-hydrogen) atoms. The predicted octanol–water partition coefficient (Wildman–Crippen LogP) is -0.250. The summed E-state index contributed by atoms with van der Waals surface area (Å²) in [4.78, 5) is 11.1. The number of rotatable bonds is 7. The summed E-state index contributed by atoms with van der Waals surface area (Å²) >= 11 is 0. The molecule has 0 aliphatic carbocycles. The van der Waals surface area contributed by atoms with Crippen LogP contribution in [0, 0.1) is 12.3 Å². The number of carbonyl (C=O) groups is 1. The minimum absolute atomic E-state index is 0.0524. The van der Waals surface area contributed by atoms with E-state index in [0.717, 1.165) is 0 Å². The van der Waals surface area contributed by atoms with Crippen molar-refractivity contribution >= 4 is 5.91 Å². The zero-order chi connectivity index (χ0) is 10.8. The topological polar surface area (TPSA) is 50.4 Å². The fraction of sp³-hybridized carbons (Fsp3) is 0.700. The zero-order valence-corrected chi connectivity index (χ0v) is 8.80. The SMILES string of the molecule is C#CCNCC(=O)NCC(C)OCC. The Morgan fingerprint density at radius 3 is 2.93 bits per heavy atom. The second-order valence-corrected chi connectivity index (χ2v) is 2.88. The van der Waals surface area contributed by atoms with E-state index in [9.17, 15) is 4.79 Å². The molecule has 1 unspecified atom stereocenters. The van der Waals surface area contributed by atoms with E-state index in [4.69, 9.17) is 11.2 Å². The van der Waals surface area contributed by atoms with Crippen molar-refractivity contribution in [1.29, 1.82) is 0 Å². The Morgan fingerprint density at radius 2 is 2.36 bits per heavy atom. The number of ether oxygens (including phenoxy) is 1. The van der Waals surface area contributed by atoms with Crippen molar-refractivity contribution in [1.82, 2.24) is 10.6 Å². The first kappa shape index (κ1) is 12.9. The lowest BCUT2D eigenvalue weighted by Gasteiger charge is -2.12. The van der Waals surface area contributed by atoms with Crippen molar-refractivity contribution in [2.24, 2.45) is 0 Å². The first-order valence-electron chi connectivity index (χ1n) is 4.73. The van der Waals surface area contributed by atoms with E-state index in [1.807, 2.05) is 13.8 Å². The maximum absolute atomic E-state index is 11.1. The van der Waals surface area contributed by atoms with Gasteiger partial charge in [0.05, 0.1) is 19.2 Å². The van der Waals surface area contributed by atoms with Crippen LogP contribution in [0.4, 0.5) is 0 Å². The molecule has 4 nitrogen and oxygen atoms in total. The molecule has 0 radical (unpaired) electrons. The Bertz CT molecular complexity index is 199.